The predicted octanol–water partition coefficient (Wildman–Crippen LogP) is 2.03. The third-order valence-electron chi connectivity index (χ3n) is 7.14. The summed E-state index contributed by atoms with van der Waals surface area (Å²) in [4.78, 5) is 11.3. The van der Waals surface area contributed by atoms with E-state index in [0.29, 0.717) is 51.0 Å². The highest BCUT2D eigenvalue weighted by Gasteiger charge is 2.44. The van der Waals surface area contributed by atoms with Gasteiger partial charge in [0.2, 0.25) is 5.95 Å². The molecule has 1 aromatic rings. The average molecular weight is 463 g/mol. The van der Waals surface area contributed by atoms with E-state index in [4.69, 9.17) is 4.98 Å². The van der Waals surface area contributed by atoms with E-state index < -0.39 is 16.4 Å². The van der Waals surface area contributed by atoms with Crippen molar-refractivity contribution >= 4 is 28.1 Å². The fraction of sp³-hybridized carbons (Fsp3) is 0.727. The number of aliphatic hydroxyl groups is 1. The van der Waals surface area contributed by atoms with Gasteiger partial charge in [-0.2, -0.15) is 22.0 Å². The lowest BCUT2D eigenvalue weighted by Gasteiger charge is -2.47. The quantitative estimate of drug-likeness (QED) is 0.690. The summed E-state index contributed by atoms with van der Waals surface area (Å²) < 4.78 is 28.9. The standard InChI is InChI=1S/C22H34N6O3S/c1-22(2)14-27(15-22)32(30,31)26-11-9-17(10-12-26)24-21-23-13-16-7-8-19(29)28(20(16)25-21)18-5-3-4-6-18/h7-8,13,17-19,29H,3-6,9-12,14-15H2,1-2H3,(H,23,24,25). The Morgan fingerprint density at radius 1 is 1.09 bits per heavy atom. The SMILES string of the molecule is CC1(C)CN(S(=O)(=O)N2CCC(Nc3ncc4c(n3)N(C3CCCC3)C(O)C=C4)CC2)C1. The van der Waals surface area contributed by atoms with Gasteiger partial charge in [-0.1, -0.05) is 26.7 Å². The van der Waals surface area contributed by atoms with E-state index >= 15 is 0 Å². The number of anilines is 2. The molecule has 3 aliphatic heterocycles. The summed E-state index contributed by atoms with van der Waals surface area (Å²) in [5, 5.41) is 14.0. The Morgan fingerprint density at radius 2 is 1.78 bits per heavy atom. The first-order valence-electron chi connectivity index (χ1n) is 11.8. The molecule has 32 heavy (non-hydrogen) atoms. The predicted molar refractivity (Wildman–Crippen MR) is 124 cm³/mol. The van der Waals surface area contributed by atoms with Crippen LogP contribution in [-0.4, -0.2) is 76.6 Å². The molecule has 4 aliphatic rings. The number of hydrogen-bond acceptors (Lipinski definition) is 7. The van der Waals surface area contributed by atoms with Gasteiger partial charge in [0.05, 0.1) is 0 Å². The largest absolute Gasteiger partial charge is 0.370 e. The van der Waals surface area contributed by atoms with E-state index in [1.807, 2.05) is 11.0 Å². The molecular weight excluding hydrogens is 428 g/mol. The zero-order valence-corrected chi connectivity index (χ0v) is 19.8. The molecule has 2 N–H and O–H groups in total. The van der Waals surface area contributed by atoms with Crippen LogP contribution in [0.15, 0.2) is 12.3 Å². The van der Waals surface area contributed by atoms with Crippen molar-refractivity contribution < 1.29 is 13.5 Å². The second-order valence-electron chi connectivity index (χ2n) is 10.3. The van der Waals surface area contributed by atoms with Crippen molar-refractivity contribution in [3.8, 4) is 0 Å². The molecule has 5 rings (SSSR count). The van der Waals surface area contributed by atoms with Crippen molar-refractivity contribution in [3.63, 3.8) is 0 Å². The number of piperidine rings is 1. The summed E-state index contributed by atoms with van der Waals surface area (Å²) in [6.45, 7) is 6.37. The number of aromatic nitrogens is 2. The Hall–Kier alpha value is -1.75. The molecule has 0 aromatic carbocycles. The normalized spacial score (nSPS) is 27.3. The van der Waals surface area contributed by atoms with Crippen LogP contribution in [0.1, 0.15) is 57.9 Å². The van der Waals surface area contributed by atoms with Crippen LogP contribution in [0.4, 0.5) is 11.8 Å². The number of aliphatic hydroxyl groups excluding tert-OH is 1. The second kappa shape index (κ2) is 8.23. The molecule has 1 unspecified atom stereocenters. The lowest BCUT2D eigenvalue weighted by Crippen LogP contribution is -2.60. The third kappa shape index (κ3) is 4.13. The Labute approximate surface area is 190 Å². The van der Waals surface area contributed by atoms with Gasteiger partial charge in [-0.3, -0.25) is 0 Å². The summed E-state index contributed by atoms with van der Waals surface area (Å²) in [6, 6.07) is 0.424. The van der Waals surface area contributed by atoms with Gasteiger partial charge >= 0.3 is 0 Å². The number of nitrogens with zero attached hydrogens (tertiary/aromatic N) is 5. The van der Waals surface area contributed by atoms with E-state index in [2.05, 4.69) is 24.1 Å². The van der Waals surface area contributed by atoms with E-state index in [-0.39, 0.29) is 11.5 Å². The monoisotopic (exact) mass is 462 g/mol. The highest BCUT2D eigenvalue weighted by molar-refractivity contribution is 7.86. The number of hydrogen-bond donors (Lipinski definition) is 2. The topological polar surface area (TPSA) is 102 Å². The van der Waals surface area contributed by atoms with Gasteiger partial charge in [0.1, 0.15) is 12.0 Å². The summed E-state index contributed by atoms with van der Waals surface area (Å²) in [5.74, 6) is 1.32. The summed E-state index contributed by atoms with van der Waals surface area (Å²) in [5.41, 5.74) is 0.998. The summed E-state index contributed by atoms with van der Waals surface area (Å²) >= 11 is 0. The minimum absolute atomic E-state index is 0.0753. The van der Waals surface area contributed by atoms with E-state index in [1.54, 1.807) is 20.9 Å². The van der Waals surface area contributed by atoms with Crippen LogP contribution >= 0.6 is 0 Å². The molecule has 1 aromatic heterocycles. The van der Waals surface area contributed by atoms with Crippen LogP contribution in [0.5, 0.6) is 0 Å². The zero-order valence-electron chi connectivity index (χ0n) is 18.9. The third-order valence-corrected chi connectivity index (χ3v) is 9.07. The zero-order chi connectivity index (χ0) is 22.5. The molecule has 1 atom stereocenters. The van der Waals surface area contributed by atoms with Crippen molar-refractivity contribution in [1.82, 2.24) is 18.6 Å². The van der Waals surface area contributed by atoms with Crippen molar-refractivity contribution in [2.75, 3.05) is 36.4 Å². The molecule has 10 heteroatoms. The Balaban J connectivity index is 1.23. The van der Waals surface area contributed by atoms with Crippen LogP contribution in [0.25, 0.3) is 6.08 Å². The van der Waals surface area contributed by atoms with Gasteiger partial charge in [0, 0.05) is 50.0 Å². The molecule has 9 nitrogen and oxygen atoms in total. The van der Waals surface area contributed by atoms with Crippen molar-refractivity contribution in [3.05, 3.63) is 17.8 Å². The summed E-state index contributed by atoms with van der Waals surface area (Å²) in [6.07, 6.45) is 10.8. The van der Waals surface area contributed by atoms with Gasteiger partial charge in [-0.05, 0) is 43.3 Å². The van der Waals surface area contributed by atoms with Crippen LogP contribution in [0.3, 0.4) is 0 Å². The van der Waals surface area contributed by atoms with E-state index in [1.165, 1.54) is 12.8 Å². The molecule has 1 aliphatic carbocycles. The van der Waals surface area contributed by atoms with E-state index in [9.17, 15) is 13.5 Å². The van der Waals surface area contributed by atoms with Gasteiger partial charge in [0.15, 0.2) is 0 Å². The van der Waals surface area contributed by atoms with Gasteiger partial charge in [0.25, 0.3) is 10.2 Å². The van der Waals surface area contributed by atoms with Gasteiger partial charge < -0.3 is 15.3 Å². The molecule has 4 heterocycles. The Morgan fingerprint density at radius 3 is 2.44 bits per heavy atom. The molecule has 3 fully saturated rings. The average Bonchev–Trinajstić information content (AvgIpc) is 3.26. The molecule has 0 bridgehead atoms. The minimum atomic E-state index is -3.36. The fourth-order valence-corrected chi connectivity index (χ4v) is 7.43. The molecule has 1 saturated carbocycles. The van der Waals surface area contributed by atoms with Crippen LogP contribution in [0, 0.1) is 5.41 Å². The lowest BCUT2D eigenvalue weighted by molar-refractivity contribution is 0.101. The molecule has 0 radical (unpaired) electrons. The first-order valence-corrected chi connectivity index (χ1v) is 13.2. The van der Waals surface area contributed by atoms with Crippen LogP contribution in [0.2, 0.25) is 0 Å². The molecule has 2 saturated heterocycles. The maximum atomic E-state index is 12.8. The smallest absolute Gasteiger partial charge is 0.282 e. The lowest BCUT2D eigenvalue weighted by atomic mass is 9.87. The summed E-state index contributed by atoms with van der Waals surface area (Å²) in [7, 11) is -3.36. The van der Waals surface area contributed by atoms with Crippen LogP contribution < -0.4 is 10.2 Å². The highest BCUT2D eigenvalue weighted by Crippen LogP contribution is 2.35. The first kappa shape index (κ1) is 22.1. The molecular formula is C22H34N6O3S. The van der Waals surface area contributed by atoms with Crippen molar-refractivity contribution in [2.45, 2.75) is 70.7 Å². The molecule has 176 valence electrons. The molecule has 0 amide bonds. The first-order chi connectivity index (χ1) is 15.2. The maximum absolute atomic E-state index is 12.8. The number of rotatable bonds is 5. The Bertz CT molecular complexity index is 975. The Kier molecular flexibility index (Phi) is 5.68. The van der Waals surface area contributed by atoms with Gasteiger partial charge in [-0.15, -0.1) is 0 Å². The van der Waals surface area contributed by atoms with Gasteiger partial charge in [-0.25, -0.2) is 4.98 Å². The van der Waals surface area contributed by atoms with Crippen LogP contribution in [-0.2, 0) is 10.2 Å². The maximum Gasteiger partial charge on any atom is 0.282 e. The fourth-order valence-electron chi connectivity index (χ4n) is 5.40. The molecule has 0 spiro atoms. The highest BCUT2D eigenvalue weighted by atomic mass is 32.2. The van der Waals surface area contributed by atoms with Crippen molar-refractivity contribution in [1.29, 1.82) is 0 Å². The number of nitrogens with one attached hydrogen (secondary N) is 1. The van der Waals surface area contributed by atoms with E-state index in [0.717, 1.165) is 24.2 Å². The number of fused-ring (bicyclic) bond motifs is 1. The van der Waals surface area contributed by atoms with Crippen molar-refractivity contribution in [2.24, 2.45) is 5.41 Å². The second-order valence-corrected chi connectivity index (χ2v) is 12.3. The minimum Gasteiger partial charge on any atom is -0.370 e.